The van der Waals surface area contributed by atoms with Crippen molar-refractivity contribution in [2.75, 3.05) is 4.43 Å². The number of thioether (sulfide) groups is 1. The highest BCUT2D eigenvalue weighted by Gasteiger charge is 2.12. The van der Waals surface area contributed by atoms with Crippen molar-refractivity contribution < 1.29 is 4.39 Å². The summed E-state index contributed by atoms with van der Waals surface area (Å²) in [7, 11) is 0. The Balaban J connectivity index is 2.60. The topological polar surface area (TPSA) is 0 Å². The Hall–Kier alpha value is 0.230. The number of hydrogen-bond donors (Lipinski definition) is 0. The molecule has 0 amide bonds. The summed E-state index contributed by atoms with van der Waals surface area (Å²) in [5.74, 6) is 0.508. The van der Waals surface area contributed by atoms with Gasteiger partial charge in [0.05, 0.1) is 0 Å². The van der Waals surface area contributed by atoms with Crippen LogP contribution in [0.15, 0.2) is 29.2 Å². The molecule has 0 fully saturated rings. The van der Waals surface area contributed by atoms with Crippen LogP contribution in [-0.2, 0) is 0 Å². The van der Waals surface area contributed by atoms with E-state index in [-0.39, 0.29) is 5.82 Å². The van der Waals surface area contributed by atoms with Crippen molar-refractivity contribution in [3.63, 3.8) is 0 Å². The van der Waals surface area contributed by atoms with E-state index in [0.717, 1.165) is 9.32 Å². The molecule has 0 aliphatic heterocycles. The third kappa shape index (κ3) is 3.77. The molecule has 1 aromatic rings. The highest BCUT2D eigenvalue weighted by atomic mass is 127. The zero-order valence-corrected chi connectivity index (χ0v) is 11.3. The maximum absolute atomic E-state index is 12.9. The zero-order chi connectivity index (χ0) is 10.6. The minimum atomic E-state index is -0.149. The largest absolute Gasteiger partial charge is 0.207 e. The van der Waals surface area contributed by atoms with Gasteiger partial charge in [-0.3, -0.25) is 0 Å². The lowest BCUT2D eigenvalue weighted by atomic mass is 10.2. The Morgan fingerprint density at radius 2 is 2.14 bits per heavy atom. The van der Waals surface area contributed by atoms with E-state index in [0.29, 0.717) is 11.2 Å². The van der Waals surface area contributed by atoms with Gasteiger partial charge in [-0.2, -0.15) is 0 Å². The van der Waals surface area contributed by atoms with Crippen LogP contribution < -0.4 is 0 Å². The second-order valence-electron chi connectivity index (χ2n) is 3.41. The molecule has 0 bridgehead atoms. The summed E-state index contributed by atoms with van der Waals surface area (Å²) >= 11 is 4.14. The van der Waals surface area contributed by atoms with Crippen LogP contribution in [0.25, 0.3) is 0 Å². The summed E-state index contributed by atoms with van der Waals surface area (Å²) in [5.41, 5.74) is 0. The molecule has 3 heteroatoms. The minimum absolute atomic E-state index is 0.149. The molecule has 0 heterocycles. The number of halogens is 2. The van der Waals surface area contributed by atoms with E-state index in [1.165, 1.54) is 6.07 Å². The van der Waals surface area contributed by atoms with Gasteiger partial charge in [0.1, 0.15) is 5.82 Å². The Bertz CT molecular complexity index is 290. The van der Waals surface area contributed by atoms with Crippen LogP contribution in [-0.4, -0.2) is 9.68 Å². The van der Waals surface area contributed by atoms with Crippen molar-refractivity contribution in [3.05, 3.63) is 30.1 Å². The first-order chi connectivity index (χ1) is 6.63. The summed E-state index contributed by atoms with van der Waals surface area (Å²) in [6.07, 6.45) is 0. The number of alkyl halides is 1. The molecule has 14 heavy (non-hydrogen) atoms. The van der Waals surface area contributed by atoms with Gasteiger partial charge in [-0.05, 0) is 24.1 Å². The maximum Gasteiger partial charge on any atom is 0.124 e. The van der Waals surface area contributed by atoms with Gasteiger partial charge in [-0.1, -0.05) is 42.5 Å². The van der Waals surface area contributed by atoms with E-state index in [4.69, 9.17) is 0 Å². The van der Waals surface area contributed by atoms with Gasteiger partial charge in [0.2, 0.25) is 0 Å². The Labute approximate surface area is 103 Å². The van der Waals surface area contributed by atoms with Crippen LogP contribution in [0.1, 0.15) is 13.8 Å². The molecule has 1 aromatic carbocycles. The molecule has 0 saturated heterocycles. The molecule has 0 aromatic heterocycles. The van der Waals surface area contributed by atoms with E-state index >= 15 is 0 Å². The van der Waals surface area contributed by atoms with E-state index in [1.807, 2.05) is 6.07 Å². The third-order valence-electron chi connectivity index (χ3n) is 2.16. The van der Waals surface area contributed by atoms with Crippen LogP contribution in [0, 0.1) is 11.7 Å². The maximum atomic E-state index is 12.9. The summed E-state index contributed by atoms with van der Waals surface area (Å²) in [6, 6.07) is 6.81. The zero-order valence-electron chi connectivity index (χ0n) is 8.34. The molecule has 2 atom stereocenters. The van der Waals surface area contributed by atoms with Crippen LogP contribution in [0.4, 0.5) is 4.39 Å². The normalized spacial score (nSPS) is 15.1. The molecule has 0 N–H and O–H groups in total. The van der Waals surface area contributed by atoms with E-state index in [9.17, 15) is 4.39 Å². The second kappa shape index (κ2) is 5.95. The first kappa shape index (κ1) is 12.3. The summed E-state index contributed by atoms with van der Waals surface area (Å²) in [6.45, 7) is 4.42. The van der Waals surface area contributed by atoms with Gasteiger partial charge in [0.25, 0.3) is 0 Å². The first-order valence-corrected chi connectivity index (χ1v) is 7.02. The molecule has 1 rings (SSSR count). The number of rotatable bonds is 4. The third-order valence-corrected chi connectivity index (χ3v) is 4.91. The SMILES string of the molecule is CC(CI)C(C)Sc1cccc(F)c1. The molecule has 0 aliphatic rings. The summed E-state index contributed by atoms with van der Waals surface area (Å²) in [5, 5.41) is 0.536. The number of benzene rings is 1. The highest BCUT2D eigenvalue weighted by molar-refractivity contribution is 14.1. The van der Waals surface area contributed by atoms with Gasteiger partial charge >= 0.3 is 0 Å². The molecule has 0 saturated carbocycles. The average molecular weight is 324 g/mol. The molecule has 0 spiro atoms. The predicted octanol–water partition coefficient (Wildman–Crippen LogP) is 4.38. The summed E-state index contributed by atoms with van der Waals surface area (Å²) in [4.78, 5) is 1.02. The predicted molar refractivity (Wildman–Crippen MR) is 69.8 cm³/mol. The van der Waals surface area contributed by atoms with Crippen LogP contribution in [0.2, 0.25) is 0 Å². The lowest BCUT2D eigenvalue weighted by Gasteiger charge is -2.16. The van der Waals surface area contributed by atoms with Gasteiger partial charge in [-0.15, -0.1) is 11.8 Å². The van der Waals surface area contributed by atoms with Crippen molar-refractivity contribution in [1.82, 2.24) is 0 Å². The fraction of sp³-hybridized carbons (Fsp3) is 0.455. The van der Waals surface area contributed by atoms with Crippen molar-refractivity contribution in [2.45, 2.75) is 24.0 Å². The molecule has 78 valence electrons. The van der Waals surface area contributed by atoms with Crippen molar-refractivity contribution >= 4 is 34.4 Å². The van der Waals surface area contributed by atoms with E-state index in [1.54, 1.807) is 23.9 Å². The Morgan fingerprint density at radius 1 is 1.43 bits per heavy atom. The first-order valence-electron chi connectivity index (χ1n) is 4.61. The summed E-state index contributed by atoms with van der Waals surface area (Å²) < 4.78 is 14.0. The number of hydrogen-bond acceptors (Lipinski definition) is 1. The quantitative estimate of drug-likeness (QED) is 0.450. The molecular weight excluding hydrogens is 310 g/mol. The van der Waals surface area contributed by atoms with Gasteiger partial charge in [-0.25, -0.2) is 4.39 Å². The Morgan fingerprint density at radius 3 is 2.71 bits per heavy atom. The Kier molecular flexibility index (Phi) is 5.23. The van der Waals surface area contributed by atoms with E-state index in [2.05, 4.69) is 36.4 Å². The van der Waals surface area contributed by atoms with Crippen LogP contribution >= 0.6 is 34.4 Å². The molecule has 0 aliphatic carbocycles. The highest BCUT2D eigenvalue weighted by Crippen LogP contribution is 2.28. The standard InChI is InChI=1S/C11H14FIS/c1-8(7-13)9(2)14-11-5-3-4-10(12)6-11/h3-6,8-9H,7H2,1-2H3. The smallest absolute Gasteiger partial charge is 0.124 e. The molecular formula is C11H14FIS. The van der Waals surface area contributed by atoms with Gasteiger partial charge < -0.3 is 0 Å². The molecule has 0 nitrogen and oxygen atoms in total. The van der Waals surface area contributed by atoms with Crippen molar-refractivity contribution in [3.8, 4) is 0 Å². The lowest BCUT2D eigenvalue weighted by molar-refractivity contribution is 0.623. The fourth-order valence-electron chi connectivity index (χ4n) is 0.997. The van der Waals surface area contributed by atoms with Gasteiger partial charge in [0.15, 0.2) is 0 Å². The second-order valence-corrected chi connectivity index (χ2v) is 5.74. The molecule has 2 unspecified atom stereocenters. The minimum Gasteiger partial charge on any atom is -0.207 e. The lowest BCUT2D eigenvalue weighted by Crippen LogP contribution is -2.10. The van der Waals surface area contributed by atoms with Crippen LogP contribution in [0.3, 0.4) is 0 Å². The molecule has 0 radical (unpaired) electrons. The van der Waals surface area contributed by atoms with E-state index < -0.39 is 0 Å². The van der Waals surface area contributed by atoms with Crippen molar-refractivity contribution in [2.24, 2.45) is 5.92 Å². The van der Waals surface area contributed by atoms with Crippen LogP contribution in [0.5, 0.6) is 0 Å². The monoisotopic (exact) mass is 324 g/mol. The average Bonchev–Trinajstić information content (AvgIpc) is 2.16. The van der Waals surface area contributed by atoms with Crippen molar-refractivity contribution in [1.29, 1.82) is 0 Å². The van der Waals surface area contributed by atoms with Gasteiger partial charge in [0, 0.05) is 14.6 Å². The fourth-order valence-corrected chi connectivity index (χ4v) is 3.20.